The van der Waals surface area contributed by atoms with Gasteiger partial charge in [0.05, 0.1) is 22.7 Å². The first-order valence-electron chi connectivity index (χ1n) is 4.14. The van der Waals surface area contributed by atoms with Crippen LogP contribution in [0, 0.1) is 5.82 Å². The smallest absolute Gasteiger partial charge is 0.125 e. The minimum Gasteiger partial charge on any atom is -0.397 e. The van der Waals surface area contributed by atoms with Crippen molar-refractivity contribution in [3.8, 4) is 0 Å². The Morgan fingerprint density at radius 2 is 2.00 bits per heavy atom. The van der Waals surface area contributed by atoms with Gasteiger partial charge in [0.2, 0.25) is 0 Å². The predicted octanol–water partition coefficient (Wildman–Crippen LogP) is 1.69. The average molecular weight is 254 g/mol. The van der Waals surface area contributed by atoms with E-state index in [4.69, 9.17) is 28.9 Å². The topological polar surface area (TPSA) is 66.5 Å². The zero-order valence-corrected chi connectivity index (χ0v) is 9.13. The molecule has 1 aromatic rings. The van der Waals surface area contributed by atoms with Crippen molar-refractivity contribution < 1.29 is 14.6 Å². The van der Waals surface area contributed by atoms with E-state index in [-0.39, 0.29) is 22.2 Å². The Hall–Kier alpha value is -0.550. The third kappa shape index (κ3) is 2.72. The standard InChI is InChI=1S/C9H10Cl2FNO2/c10-3-7(14)9(15)5-1-4(12)2-6(11)8(5)13/h1-2,7,9,14-15H,3,13H2. The molecule has 15 heavy (non-hydrogen) atoms. The number of aliphatic hydroxyl groups is 2. The fourth-order valence-corrected chi connectivity index (χ4v) is 1.52. The van der Waals surface area contributed by atoms with Crippen LogP contribution in [0.1, 0.15) is 11.7 Å². The fourth-order valence-electron chi connectivity index (χ4n) is 1.14. The molecule has 0 radical (unpaired) electrons. The summed E-state index contributed by atoms with van der Waals surface area (Å²) in [6, 6.07) is 2.04. The lowest BCUT2D eigenvalue weighted by Crippen LogP contribution is -2.21. The van der Waals surface area contributed by atoms with Crippen LogP contribution in [0.3, 0.4) is 0 Å². The number of nitrogen functional groups attached to an aromatic ring is 1. The van der Waals surface area contributed by atoms with Crippen LogP contribution in [0.5, 0.6) is 0 Å². The van der Waals surface area contributed by atoms with E-state index >= 15 is 0 Å². The summed E-state index contributed by atoms with van der Waals surface area (Å²) in [6.07, 6.45) is -2.57. The third-order valence-corrected chi connectivity index (χ3v) is 2.60. The van der Waals surface area contributed by atoms with E-state index in [1.54, 1.807) is 0 Å². The Morgan fingerprint density at radius 1 is 1.40 bits per heavy atom. The van der Waals surface area contributed by atoms with Crippen molar-refractivity contribution in [2.45, 2.75) is 12.2 Å². The van der Waals surface area contributed by atoms with Gasteiger partial charge in [0.15, 0.2) is 0 Å². The van der Waals surface area contributed by atoms with Gasteiger partial charge in [-0.2, -0.15) is 0 Å². The molecule has 1 aromatic carbocycles. The van der Waals surface area contributed by atoms with Crippen molar-refractivity contribution >= 4 is 28.9 Å². The summed E-state index contributed by atoms with van der Waals surface area (Å²) in [7, 11) is 0. The van der Waals surface area contributed by atoms with Crippen LogP contribution in [-0.2, 0) is 0 Å². The Bertz CT molecular complexity index is 362. The highest BCUT2D eigenvalue weighted by atomic mass is 35.5. The number of halogens is 3. The van der Waals surface area contributed by atoms with E-state index in [0.29, 0.717) is 0 Å². The van der Waals surface area contributed by atoms with Gasteiger partial charge >= 0.3 is 0 Å². The molecular formula is C9H10Cl2FNO2. The van der Waals surface area contributed by atoms with Crippen molar-refractivity contribution in [2.24, 2.45) is 0 Å². The predicted molar refractivity (Wildman–Crippen MR) is 57.5 cm³/mol. The molecule has 0 amide bonds. The molecule has 0 aromatic heterocycles. The van der Waals surface area contributed by atoms with E-state index in [1.165, 1.54) is 0 Å². The summed E-state index contributed by atoms with van der Waals surface area (Å²) in [5, 5.41) is 18.9. The molecular weight excluding hydrogens is 244 g/mol. The highest BCUT2D eigenvalue weighted by Gasteiger charge is 2.21. The van der Waals surface area contributed by atoms with Gasteiger partial charge in [0.25, 0.3) is 0 Å². The first kappa shape index (κ1) is 12.5. The minimum atomic E-state index is -1.35. The van der Waals surface area contributed by atoms with Crippen LogP contribution in [-0.4, -0.2) is 22.2 Å². The van der Waals surface area contributed by atoms with E-state index in [1.807, 2.05) is 0 Å². The quantitative estimate of drug-likeness (QED) is 0.568. The molecule has 2 atom stereocenters. The van der Waals surface area contributed by atoms with E-state index in [0.717, 1.165) is 12.1 Å². The van der Waals surface area contributed by atoms with Gasteiger partial charge in [-0.25, -0.2) is 4.39 Å². The van der Waals surface area contributed by atoms with Crippen LogP contribution in [0.15, 0.2) is 12.1 Å². The molecule has 1 rings (SSSR count). The molecule has 2 unspecified atom stereocenters. The van der Waals surface area contributed by atoms with E-state index in [2.05, 4.69) is 0 Å². The summed E-state index contributed by atoms with van der Waals surface area (Å²) in [6.45, 7) is 0. The summed E-state index contributed by atoms with van der Waals surface area (Å²) >= 11 is 11.0. The second-order valence-corrected chi connectivity index (χ2v) is 3.77. The molecule has 6 heteroatoms. The number of anilines is 1. The number of alkyl halides is 1. The Kier molecular flexibility index (Phi) is 4.16. The molecule has 0 aliphatic rings. The summed E-state index contributed by atoms with van der Waals surface area (Å²) in [4.78, 5) is 0. The van der Waals surface area contributed by atoms with Gasteiger partial charge in [-0.3, -0.25) is 0 Å². The zero-order valence-electron chi connectivity index (χ0n) is 7.62. The number of aliphatic hydroxyl groups excluding tert-OH is 2. The summed E-state index contributed by atoms with van der Waals surface area (Å²) in [5.41, 5.74) is 5.60. The second-order valence-electron chi connectivity index (χ2n) is 3.06. The summed E-state index contributed by atoms with van der Waals surface area (Å²) in [5.74, 6) is -0.820. The first-order chi connectivity index (χ1) is 6.97. The number of hydrogen-bond donors (Lipinski definition) is 3. The maximum atomic E-state index is 13.0. The van der Waals surface area contributed by atoms with Gasteiger partial charge in [-0.05, 0) is 12.1 Å². The van der Waals surface area contributed by atoms with Crippen molar-refractivity contribution in [2.75, 3.05) is 11.6 Å². The van der Waals surface area contributed by atoms with Crippen molar-refractivity contribution in [3.05, 3.63) is 28.5 Å². The number of rotatable bonds is 3. The number of hydrogen-bond acceptors (Lipinski definition) is 3. The molecule has 84 valence electrons. The number of benzene rings is 1. The van der Waals surface area contributed by atoms with Crippen molar-refractivity contribution in [1.29, 1.82) is 0 Å². The molecule has 0 saturated heterocycles. The van der Waals surface area contributed by atoms with Gasteiger partial charge in [-0.15, -0.1) is 11.6 Å². The molecule has 0 bridgehead atoms. The average Bonchev–Trinajstić information content (AvgIpc) is 2.21. The molecule has 3 nitrogen and oxygen atoms in total. The lowest BCUT2D eigenvalue weighted by atomic mass is 10.0. The van der Waals surface area contributed by atoms with Gasteiger partial charge in [0, 0.05) is 5.56 Å². The van der Waals surface area contributed by atoms with Crippen LogP contribution in [0.25, 0.3) is 0 Å². The van der Waals surface area contributed by atoms with Crippen molar-refractivity contribution in [1.82, 2.24) is 0 Å². The lowest BCUT2D eigenvalue weighted by molar-refractivity contribution is 0.0330. The Balaban J connectivity index is 3.13. The fraction of sp³-hybridized carbons (Fsp3) is 0.333. The van der Waals surface area contributed by atoms with E-state index in [9.17, 15) is 14.6 Å². The molecule has 0 saturated carbocycles. The lowest BCUT2D eigenvalue weighted by Gasteiger charge is -2.18. The SMILES string of the molecule is Nc1c(Cl)cc(F)cc1C(O)C(O)CCl. The van der Waals surface area contributed by atoms with Crippen molar-refractivity contribution in [3.63, 3.8) is 0 Å². The van der Waals surface area contributed by atoms with Crippen LogP contribution >= 0.6 is 23.2 Å². The monoisotopic (exact) mass is 253 g/mol. The molecule has 4 N–H and O–H groups in total. The Labute approximate surface area is 96.2 Å². The normalized spacial score (nSPS) is 15.0. The third-order valence-electron chi connectivity index (χ3n) is 1.97. The largest absolute Gasteiger partial charge is 0.397 e. The van der Waals surface area contributed by atoms with Crippen LogP contribution in [0.4, 0.5) is 10.1 Å². The first-order valence-corrected chi connectivity index (χ1v) is 5.05. The van der Waals surface area contributed by atoms with E-state index < -0.39 is 18.0 Å². The molecule has 0 aliphatic carbocycles. The maximum Gasteiger partial charge on any atom is 0.125 e. The van der Waals surface area contributed by atoms with Gasteiger partial charge in [0.1, 0.15) is 11.9 Å². The van der Waals surface area contributed by atoms with Gasteiger partial charge < -0.3 is 15.9 Å². The molecule has 0 fully saturated rings. The highest BCUT2D eigenvalue weighted by Crippen LogP contribution is 2.30. The number of nitrogens with two attached hydrogens (primary N) is 1. The molecule has 0 heterocycles. The Morgan fingerprint density at radius 3 is 2.53 bits per heavy atom. The summed E-state index contributed by atoms with van der Waals surface area (Å²) < 4.78 is 13.0. The minimum absolute atomic E-state index is 0.00850. The maximum absolute atomic E-state index is 13.0. The molecule has 0 aliphatic heterocycles. The highest BCUT2D eigenvalue weighted by molar-refractivity contribution is 6.33. The zero-order chi connectivity index (χ0) is 11.6. The molecule has 0 spiro atoms. The van der Waals surface area contributed by atoms with Gasteiger partial charge in [-0.1, -0.05) is 11.6 Å². The van der Waals surface area contributed by atoms with Crippen LogP contribution in [0.2, 0.25) is 5.02 Å². The second kappa shape index (κ2) is 4.99. The van der Waals surface area contributed by atoms with Crippen LogP contribution < -0.4 is 5.73 Å².